The minimum Gasteiger partial charge on any atom is -0.497 e. The first-order valence-corrected chi connectivity index (χ1v) is 22.0. The third-order valence-electron chi connectivity index (χ3n) is 10.6. The topological polar surface area (TPSA) is 343 Å². The Kier molecular flexibility index (Phi) is 22.8. The standard InChI is InChI=1S/C44H69N11O10/c1-25(2)22-34-42(62)52-30(14-18-45)38(58)51-32(16-20-47)41(61)55-37(26(3)56)44(64)48-21-17-33(49-36(57)24-28-10-12-29(65-4)13-11-28)40(60)50-31(15-19-46)39(59)54-35(43(63)53-34)23-27-8-6-5-7-9-27/h5-13,25-26,30-35,37,40,50,56,60H,14-24,45-47H2,1-4H3,(H,48,64)(H,49,57)(H,51,58)(H,52,62)(H,53,63)(H,54,59)(H,55,61)/t26-,30+,31+,32+,33+,34+,35-,37+,40?/m1/s1. The van der Waals surface area contributed by atoms with Crippen LogP contribution in [-0.4, -0.2) is 139 Å². The normalized spacial score (nSPS) is 25.2. The molecule has 0 radical (unpaired) electrons. The van der Waals surface area contributed by atoms with E-state index in [2.05, 4.69) is 42.5 Å². The van der Waals surface area contributed by atoms with E-state index in [1.807, 2.05) is 13.8 Å². The second-order valence-electron chi connectivity index (χ2n) is 16.5. The smallest absolute Gasteiger partial charge is 0.245 e. The van der Waals surface area contributed by atoms with Crippen LogP contribution in [-0.2, 0) is 46.4 Å². The molecule has 7 amide bonds. The van der Waals surface area contributed by atoms with Gasteiger partial charge in [0.15, 0.2) is 0 Å². The number of nitrogens with one attached hydrogen (secondary N) is 8. The second-order valence-corrected chi connectivity index (χ2v) is 16.5. The Bertz CT molecular complexity index is 1850. The maximum absolute atomic E-state index is 14.2. The van der Waals surface area contributed by atoms with E-state index in [0.29, 0.717) is 16.9 Å². The highest BCUT2D eigenvalue weighted by Crippen LogP contribution is 2.13. The molecule has 1 aliphatic rings. The number of methoxy groups -OCH3 is 1. The molecule has 65 heavy (non-hydrogen) atoms. The molecule has 2 aromatic rings. The van der Waals surface area contributed by atoms with Crippen molar-refractivity contribution in [3.8, 4) is 5.75 Å². The van der Waals surface area contributed by atoms with Gasteiger partial charge in [0, 0.05) is 13.0 Å². The van der Waals surface area contributed by atoms with Gasteiger partial charge in [0.25, 0.3) is 0 Å². The molecule has 21 nitrogen and oxygen atoms in total. The van der Waals surface area contributed by atoms with Crippen LogP contribution in [0.25, 0.3) is 0 Å². The van der Waals surface area contributed by atoms with E-state index in [4.69, 9.17) is 21.9 Å². The Morgan fingerprint density at radius 2 is 1.20 bits per heavy atom. The maximum atomic E-state index is 14.2. The van der Waals surface area contributed by atoms with E-state index < -0.39 is 96.0 Å². The van der Waals surface area contributed by atoms with Crippen molar-refractivity contribution in [2.24, 2.45) is 23.1 Å². The van der Waals surface area contributed by atoms with Crippen molar-refractivity contribution < 1.29 is 48.5 Å². The molecule has 16 N–H and O–H groups in total. The zero-order chi connectivity index (χ0) is 48.1. The molecule has 3 rings (SSSR count). The molecule has 1 fully saturated rings. The molecular formula is C44H69N11O10. The summed E-state index contributed by atoms with van der Waals surface area (Å²) in [6.45, 7) is 4.56. The van der Waals surface area contributed by atoms with Crippen molar-refractivity contribution in [2.45, 2.75) is 120 Å². The van der Waals surface area contributed by atoms with Gasteiger partial charge in [-0.2, -0.15) is 0 Å². The van der Waals surface area contributed by atoms with E-state index in [0.717, 1.165) is 0 Å². The van der Waals surface area contributed by atoms with Gasteiger partial charge < -0.3 is 69.4 Å². The van der Waals surface area contributed by atoms with Gasteiger partial charge in [-0.05, 0) is 87.8 Å². The van der Waals surface area contributed by atoms with Crippen LogP contribution in [0.15, 0.2) is 54.6 Å². The fraction of sp³-hybridized carbons (Fsp3) is 0.568. The molecule has 0 aromatic heterocycles. The van der Waals surface area contributed by atoms with Gasteiger partial charge in [-0.25, -0.2) is 0 Å². The van der Waals surface area contributed by atoms with Crippen LogP contribution in [0.5, 0.6) is 5.75 Å². The number of aliphatic hydroxyl groups excluding tert-OH is 2. The number of carbonyl (C=O) groups excluding carboxylic acids is 7. The average molecular weight is 912 g/mol. The van der Waals surface area contributed by atoms with Gasteiger partial charge >= 0.3 is 0 Å². The fourth-order valence-corrected chi connectivity index (χ4v) is 7.12. The van der Waals surface area contributed by atoms with Crippen LogP contribution in [0, 0.1) is 5.92 Å². The Morgan fingerprint density at radius 3 is 1.75 bits per heavy atom. The molecule has 9 atom stereocenters. The molecule has 0 bridgehead atoms. The fourth-order valence-electron chi connectivity index (χ4n) is 7.12. The largest absolute Gasteiger partial charge is 0.497 e. The molecule has 21 heteroatoms. The predicted molar refractivity (Wildman–Crippen MR) is 241 cm³/mol. The zero-order valence-corrected chi connectivity index (χ0v) is 37.6. The van der Waals surface area contributed by atoms with Crippen molar-refractivity contribution in [3.05, 3.63) is 65.7 Å². The average Bonchev–Trinajstić information content (AvgIpc) is 3.26. The Morgan fingerprint density at radius 1 is 0.692 bits per heavy atom. The number of ether oxygens (including phenoxy) is 1. The molecule has 360 valence electrons. The van der Waals surface area contributed by atoms with Gasteiger partial charge in [0.05, 0.1) is 31.7 Å². The van der Waals surface area contributed by atoms with Crippen LogP contribution < -0.4 is 64.5 Å². The first-order chi connectivity index (χ1) is 31.0. The lowest BCUT2D eigenvalue weighted by molar-refractivity contribution is -0.136. The summed E-state index contributed by atoms with van der Waals surface area (Å²) in [6, 6.07) is 6.62. The second kappa shape index (κ2) is 27.6. The molecule has 1 aliphatic heterocycles. The monoisotopic (exact) mass is 912 g/mol. The summed E-state index contributed by atoms with van der Waals surface area (Å²) >= 11 is 0. The summed E-state index contributed by atoms with van der Waals surface area (Å²) in [5.41, 5.74) is 18.9. The molecule has 2 aromatic carbocycles. The third kappa shape index (κ3) is 18.0. The number of nitrogens with two attached hydrogens (primary N) is 3. The summed E-state index contributed by atoms with van der Waals surface area (Å²) in [5.74, 6) is -4.75. The Hall–Kier alpha value is -5.71. The van der Waals surface area contributed by atoms with Gasteiger partial charge in [-0.15, -0.1) is 0 Å². The Balaban J connectivity index is 2.08. The summed E-state index contributed by atoms with van der Waals surface area (Å²) in [7, 11) is 1.51. The van der Waals surface area contributed by atoms with E-state index in [1.165, 1.54) is 14.0 Å². The quantitative estimate of drug-likeness (QED) is 0.0832. The Labute approximate surface area is 379 Å². The summed E-state index contributed by atoms with van der Waals surface area (Å²) < 4.78 is 5.20. The van der Waals surface area contributed by atoms with E-state index in [9.17, 15) is 43.8 Å². The molecular weight excluding hydrogens is 843 g/mol. The highest BCUT2D eigenvalue weighted by atomic mass is 16.5. The lowest BCUT2D eigenvalue weighted by atomic mass is 10.00. The van der Waals surface area contributed by atoms with Crippen LogP contribution in [0.3, 0.4) is 0 Å². The van der Waals surface area contributed by atoms with Crippen LogP contribution in [0.2, 0.25) is 0 Å². The number of amides is 7. The minimum atomic E-state index is -1.63. The number of benzene rings is 2. The van der Waals surface area contributed by atoms with Crippen molar-refractivity contribution in [1.29, 1.82) is 0 Å². The lowest BCUT2D eigenvalue weighted by Crippen LogP contribution is -2.61. The molecule has 0 spiro atoms. The van der Waals surface area contributed by atoms with E-state index >= 15 is 0 Å². The number of hydrogen-bond acceptors (Lipinski definition) is 14. The molecule has 1 saturated heterocycles. The highest BCUT2D eigenvalue weighted by Gasteiger charge is 2.35. The third-order valence-corrected chi connectivity index (χ3v) is 10.6. The van der Waals surface area contributed by atoms with E-state index in [1.54, 1.807) is 54.6 Å². The zero-order valence-electron chi connectivity index (χ0n) is 37.6. The summed E-state index contributed by atoms with van der Waals surface area (Å²) in [6.07, 6.45) is -3.38. The molecule has 1 heterocycles. The molecule has 1 unspecified atom stereocenters. The highest BCUT2D eigenvalue weighted by molar-refractivity contribution is 5.97. The molecule has 0 aliphatic carbocycles. The minimum absolute atomic E-state index is 0.00762. The van der Waals surface area contributed by atoms with Gasteiger partial charge in [-0.3, -0.25) is 38.9 Å². The van der Waals surface area contributed by atoms with Gasteiger partial charge in [-0.1, -0.05) is 56.3 Å². The van der Waals surface area contributed by atoms with Crippen LogP contribution in [0.1, 0.15) is 64.0 Å². The number of aliphatic hydroxyl groups is 2. The predicted octanol–water partition coefficient (Wildman–Crippen LogP) is -3.34. The van der Waals surface area contributed by atoms with Crippen LogP contribution >= 0.6 is 0 Å². The SMILES string of the molecule is COc1ccc(CC(=O)N[C@H]2CCNC(=O)[C@H]([C@@H](C)O)NC(=O)[C@H](CCN)NC(=O)[C@H](CCN)NC(=O)[C@H](CC(C)C)NC(=O)[C@@H](Cc3ccccc3)NC(=O)[C@H](CCN)NC2O)cc1. The first kappa shape index (κ1) is 53.6. The lowest BCUT2D eigenvalue weighted by Gasteiger charge is -2.30. The van der Waals surface area contributed by atoms with Crippen molar-refractivity contribution in [1.82, 2.24) is 42.5 Å². The van der Waals surface area contributed by atoms with Crippen LogP contribution in [0.4, 0.5) is 0 Å². The number of hydrogen-bond donors (Lipinski definition) is 13. The van der Waals surface area contributed by atoms with E-state index in [-0.39, 0.29) is 77.0 Å². The number of rotatable bonds is 15. The van der Waals surface area contributed by atoms with Gasteiger partial charge in [0.2, 0.25) is 41.4 Å². The number of carbonyl (C=O) groups is 7. The van der Waals surface area contributed by atoms with Gasteiger partial charge in [0.1, 0.15) is 42.2 Å². The van der Waals surface area contributed by atoms with Crippen molar-refractivity contribution >= 4 is 41.4 Å². The molecule has 0 saturated carbocycles. The maximum Gasteiger partial charge on any atom is 0.245 e. The summed E-state index contributed by atoms with van der Waals surface area (Å²) in [4.78, 5) is 96.7. The van der Waals surface area contributed by atoms with Crippen molar-refractivity contribution in [2.75, 3.05) is 33.3 Å². The summed E-state index contributed by atoms with van der Waals surface area (Å²) in [5, 5.41) is 43.7. The van der Waals surface area contributed by atoms with Crippen molar-refractivity contribution in [3.63, 3.8) is 0 Å². The first-order valence-electron chi connectivity index (χ1n) is 22.0.